The average molecular weight is 571 g/mol. The number of hydrogen-bond donors (Lipinski definition) is 0. The van der Waals surface area contributed by atoms with Gasteiger partial charge in [0.2, 0.25) is 0 Å². The summed E-state index contributed by atoms with van der Waals surface area (Å²) in [5, 5.41) is 12.8. The van der Waals surface area contributed by atoms with Gasteiger partial charge in [0.1, 0.15) is 11.4 Å². The molecule has 0 aliphatic rings. The number of unbranched alkanes of at least 4 members (excludes halogenated alkanes) is 15. The Bertz CT molecular complexity index is 509. The summed E-state index contributed by atoms with van der Waals surface area (Å²) in [5.74, 6) is -1.05. The van der Waals surface area contributed by atoms with E-state index in [1.165, 1.54) is 70.6 Å². The van der Waals surface area contributed by atoms with Crippen LogP contribution >= 0.6 is 12.0 Å². The van der Waals surface area contributed by atoms with Crippen LogP contribution in [0, 0.1) is 0 Å². The van der Waals surface area contributed by atoms with Crippen LogP contribution in [-0.4, -0.2) is 29.9 Å². The van der Waals surface area contributed by atoms with Crippen molar-refractivity contribution in [2.24, 2.45) is 0 Å². The Balaban J connectivity index is 0. The summed E-state index contributed by atoms with van der Waals surface area (Å²) in [4.78, 5) is 25.2. The quantitative estimate of drug-likeness (QED) is 0.0326. The Kier molecular flexibility index (Phi) is 33.6. The van der Waals surface area contributed by atoms with Gasteiger partial charge in [-0.05, 0) is 32.1 Å². The van der Waals surface area contributed by atoms with E-state index in [1.54, 1.807) is 0 Å². The van der Waals surface area contributed by atoms with Crippen molar-refractivity contribution in [2.75, 3.05) is 6.61 Å². The smallest absolute Gasteiger partial charge is 0.691 e. The fraction of sp³-hybridized carbons (Fsp3) is 0.931. The molecule has 1 unspecified atom stereocenters. The molecule has 220 valence electrons. The zero-order valence-corrected chi connectivity index (χ0v) is 27.8. The van der Waals surface area contributed by atoms with Crippen LogP contribution in [-0.2, 0) is 28.4 Å². The van der Waals surface area contributed by atoms with E-state index in [1.807, 2.05) is 0 Å². The molecule has 38 heavy (non-hydrogen) atoms. The maximum absolute atomic E-state index is 12.9. The molecular formula is C29H55NaO7S. The standard InChI is InChI=1S/C29H56O7S.Na/c1-4-7-10-13-16-19-22-26(23-20-17-14-11-8-5-2)34-29(31)27(37-36-35-32)25-28(30)33-24-21-18-15-12-9-6-3;/h26-27,32H,4-25H2,1-3H3;/q;+1/p-1. The summed E-state index contributed by atoms with van der Waals surface area (Å²) in [7, 11) is 0. The molecule has 0 heterocycles. The molecule has 0 aliphatic carbocycles. The molecular weight excluding hydrogens is 515 g/mol. The summed E-state index contributed by atoms with van der Waals surface area (Å²) >= 11 is 0.518. The second kappa shape index (κ2) is 31.7. The Labute approximate surface area is 259 Å². The van der Waals surface area contributed by atoms with Crippen molar-refractivity contribution in [1.29, 1.82) is 0 Å². The first kappa shape index (κ1) is 40.3. The minimum absolute atomic E-state index is 0. The summed E-state index contributed by atoms with van der Waals surface area (Å²) in [6.45, 7) is 6.91. The second-order valence-electron chi connectivity index (χ2n) is 10.1. The molecule has 0 rings (SSSR count). The predicted octanol–water partition coefficient (Wildman–Crippen LogP) is 4.94. The van der Waals surface area contributed by atoms with Crippen molar-refractivity contribution >= 4 is 24.0 Å². The van der Waals surface area contributed by atoms with E-state index >= 15 is 0 Å². The fourth-order valence-electron chi connectivity index (χ4n) is 4.31. The Morgan fingerprint density at radius 1 is 0.684 bits per heavy atom. The first-order chi connectivity index (χ1) is 18.1. The van der Waals surface area contributed by atoms with Crippen LogP contribution in [0.25, 0.3) is 0 Å². The number of carbonyl (C=O) groups excluding carboxylic acids is 2. The van der Waals surface area contributed by atoms with Crippen molar-refractivity contribution in [3.05, 3.63) is 0 Å². The maximum atomic E-state index is 12.9. The maximum Gasteiger partial charge on any atom is 1.00 e. The van der Waals surface area contributed by atoms with E-state index in [2.05, 4.69) is 30.1 Å². The SMILES string of the molecule is CCCCCCCCOC(=O)CC(SOO[O-])C(=O)OC(CCCCCCCC)CCCCCCCC.[Na+]. The molecule has 7 nitrogen and oxygen atoms in total. The van der Waals surface area contributed by atoms with Crippen LogP contribution in [0.4, 0.5) is 0 Å². The van der Waals surface area contributed by atoms with Crippen molar-refractivity contribution in [3.63, 3.8) is 0 Å². The molecule has 9 heteroatoms. The third-order valence-electron chi connectivity index (χ3n) is 6.60. The molecule has 0 bridgehead atoms. The van der Waals surface area contributed by atoms with Crippen LogP contribution < -0.4 is 34.8 Å². The molecule has 0 aromatic carbocycles. The minimum atomic E-state index is -0.998. The van der Waals surface area contributed by atoms with Crippen LogP contribution in [0.1, 0.15) is 156 Å². The van der Waals surface area contributed by atoms with Gasteiger partial charge >= 0.3 is 41.5 Å². The molecule has 0 saturated heterocycles. The monoisotopic (exact) mass is 570 g/mol. The third-order valence-corrected chi connectivity index (χ3v) is 7.33. The number of carbonyl (C=O) groups is 2. The molecule has 0 amide bonds. The van der Waals surface area contributed by atoms with Crippen molar-refractivity contribution in [1.82, 2.24) is 0 Å². The summed E-state index contributed by atoms with van der Waals surface area (Å²) in [6.07, 6.45) is 21.9. The summed E-state index contributed by atoms with van der Waals surface area (Å²) in [6, 6.07) is 0. The zero-order chi connectivity index (χ0) is 27.4. The second-order valence-corrected chi connectivity index (χ2v) is 11.0. The Hall–Kier alpha value is 0.170. The van der Waals surface area contributed by atoms with Crippen LogP contribution in [0.2, 0.25) is 0 Å². The molecule has 1 atom stereocenters. The van der Waals surface area contributed by atoms with Gasteiger partial charge in [-0.2, -0.15) is 4.33 Å². The zero-order valence-electron chi connectivity index (χ0n) is 25.0. The van der Waals surface area contributed by atoms with Gasteiger partial charge in [0.15, 0.2) is 0 Å². The average Bonchev–Trinajstić information content (AvgIpc) is 2.89. The molecule has 0 radical (unpaired) electrons. The summed E-state index contributed by atoms with van der Waals surface area (Å²) in [5.41, 5.74) is 0. The van der Waals surface area contributed by atoms with E-state index in [4.69, 9.17) is 9.47 Å². The van der Waals surface area contributed by atoms with E-state index in [9.17, 15) is 14.8 Å². The van der Waals surface area contributed by atoms with Crippen LogP contribution in [0.15, 0.2) is 0 Å². The van der Waals surface area contributed by atoms with Gasteiger partial charge in [-0.3, -0.25) is 14.6 Å². The third kappa shape index (κ3) is 26.4. The van der Waals surface area contributed by atoms with Gasteiger partial charge in [0, 0.05) is 12.0 Å². The normalized spacial score (nSPS) is 11.8. The van der Waals surface area contributed by atoms with Gasteiger partial charge in [-0.15, -0.1) is 0 Å². The van der Waals surface area contributed by atoms with E-state index in [0.29, 0.717) is 18.6 Å². The summed E-state index contributed by atoms with van der Waals surface area (Å²) < 4.78 is 15.5. The molecule has 0 saturated carbocycles. The van der Waals surface area contributed by atoms with Crippen molar-refractivity contribution in [2.45, 2.75) is 167 Å². The molecule has 0 N–H and O–H groups in total. The Morgan fingerprint density at radius 3 is 1.61 bits per heavy atom. The fourth-order valence-corrected chi connectivity index (χ4v) is 4.77. The predicted molar refractivity (Wildman–Crippen MR) is 148 cm³/mol. The number of ether oxygens (including phenoxy) is 2. The van der Waals surface area contributed by atoms with Gasteiger partial charge in [0.05, 0.1) is 13.0 Å². The van der Waals surface area contributed by atoms with Gasteiger partial charge < -0.3 is 14.7 Å². The van der Waals surface area contributed by atoms with Crippen LogP contribution in [0.3, 0.4) is 0 Å². The number of rotatable bonds is 28. The molecule has 0 spiro atoms. The van der Waals surface area contributed by atoms with E-state index < -0.39 is 17.2 Å². The number of esters is 2. The molecule has 0 aromatic rings. The molecule has 0 fully saturated rings. The van der Waals surface area contributed by atoms with E-state index in [-0.39, 0.29) is 42.1 Å². The molecule has 0 aromatic heterocycles. The van der Waals surface area contributed by atoms with E-state index in [0.717, 1.165) is 57.8 Å². The first-order valence-electron chi connectivity index (χ1n) is 15.1. The van der Waals surface area contributed by atoms with Gasteiger partial charge in [0.25, 0.3) is 0 Å². The minimum Gasteiger partial charge on any atom is -0.691 e. The van der Waals surface area contributed by atoms with Gasteiger partial charge in [-0.25, -0.2) is 0 Å². The van der Waals surface area contributed by atoms with Gasteiger partial charge in [-0.1, -0.05) is 117 Å². The van der Waals surface area contributed by atoms with Crippen molar-refractivity contribution < 1.29 is 63.2 Å². The first-order valence-corrected chi connectivity index (χ1v) is 15.9. The Morgan fingerprint density at radius 2 is 1.13 bits per heavy atom. The topological polar surface area (TPSA) is 94.1 Å². The largest absolute Gasteiger partial charge is 1.00 e. The number of hydrogen-bond acceptors (Lipinski definition) is 8. The molecule has 0 aliphatic heterocycles. The van der Waals surface area contributed by atoms with Crippen molar-refractivity contribution in [3.8, 4) is 0 Å². The van der Waals surface area contributed by atoms with Crippen LogP contribution in [0.5, 0.6) is 0 Å².